The SMILES string of the molecule is CCCN(Cc1cccn1Cc1nc(C(=O)N2CCN(c3ccccc3OC)CC2)cs1)C(=O)c1ccc(F)cc1. The number of hydrogen-bond donors (Lipinski definition) is 0. The summed E-state index contributed by atoms with van der Waals surface area (Å²) in [5, 5.41) is 2.65. The summed E-state index contributed by atoms with van der Waals surface area (Å²) in [6.45, 7) is 6.21. The number of rotatable bonds is 10. The van der Waals surface area contributed by atoms with E-state index in [2.05, 4.69) is 14.5 Å². The predicted molar refractivity (Wildman–Crippen MR) is 158 cm³/mol. The van der Waals surface area contributed by atoms with Crippen LogP contribution in [0.4, 0.5) is 10.1 Å². The fraction of sp³-hybridized carbons (Fsp3) is 0.323. The molecule has 2 aromatic heterocycles. The third-order valence-corrected chi connectivity index (χ3v) is 8.05. The maximum Gasteiger partial charge on any atom is 0.273 e. The molecule has 8 nitrogen and oxygen atoms in total. The van der Waals surface area contributed by atoms with E-state index in [1.54, 1.807) is 12.0 Å². The molecule has 2 aromatic carbocycles. The number of hydrogen-bond acceptors (Lipinski definition) is 6. The largest absolute Gasteiger partial charge is 0.495 e. The zero-order valence-electron chi connectivity index (χ0n) is 23.3. The number of anilines is 1. The van der Waals surface area contributed by atoms with E-state index < -0.39 is 0 Å². The van der Waals surface area contributed by atoms with E-state index in [0.717, 1.165) is 41.6 Å². The van der Waals surface area contributed by atoms with E-state index in [1.165, 1.54) is 35.6 Å². The van der Waals surface area contributed by atoms with E-state index in [9.17, 15) is 14.0 Å². The summed E-state index contributed by atoms with van der Waals surface area (Å²) in [5.74, 6) is 0.277. The second-order valence-corrected chi connectivity index (χ2v) is 10.9. The number of nitrogens with zero attached hydrogens (tertiary/aromatic N) is 5. The number of benzene rings is 2. The number of piperazine rings is 1. The molecule has 10 heteroatoms. The van der Waals surface area contributed by atoms with Gasteiger partial charge in [-0.15, -0.1) is 11.3 Å². The fourth-order valence-electron chi connectivity index (χ4n) is 5.07. The van der Waals surface area contributed by atoms with Gasteiger partial charge in [-0.05, 0) is 55.0 Å². The first-order chi connectivity index (χ1) is 20.0. The second kappa shape index (κ2) is 13.0. The molecule has 0 radical (unpaired) electrons. The first-order valence-corrected chi connectivity index (χ1v) is 14.6. The maximum absolute atomic E-state index is 13.4. The van der Waals surface area contributed by atoms with E-state index in [1.807, 2.05) is 59.8 Å². The van der Waals surface area contributed by atoms with E-state index in [0.29, 0.717) is 44.0 Å². The minimum atomic E-state index is -0.367. The summed E-state index contributed by atoms with van der Waals surface area (Å²) >= 11 is 1.46. The van der Waals surface area contributed by atoms with Crippen LogP contribution in [0.25, 0.3) is 0 Å². The molecule has 41 heavy (non-hydrogen) atoms. The number of para-hydroxylation sites is 2. The van der Waals surface area contributed by atoms with Crippen molar-refractivity contribution >= 4 is 28.8 Å². The molecule has 5 rings (SSSR count). The van der Waals surface area contributed by atoms with Gasteiger partial charge in [0, 0.05) is 55.6 Å². The highest BCUT2D eigenvalue weighted by Gasteiger charge is 2.25. The van der Waals surface area contributed by atoms with Crippen LogP contribution in [0.5, 0.6) is 5.75 Å². The minimum Gasteiger partial charge on any atom is -0.495 e. The van der Waals surface area contributed by atoms with Gasteiger partial charge in [0.1, 0.15) is 22.3 Å². The van der Waals surface area contributed by atoms with Crippen molar-refractivity contribution in [2.24, 2.45) is 0 Å². The maximum atomic E-state index is 13.4. The molecular formula is C31H34FN5O3S. The molecule has 0 spiro atoms. The highest BCUT2D eigenvalue weighted by atomic mass is 32.1. The van der Waals surface area contributed by atoms with Crippen LogP contribution < -0.4 is 9.64 Å². The Bertz CT molecular complexity index is 1480. The van der Waals surface area contributed by atoms with Crippen LogP contribution in [-0.4, -0.2) is 71.0 Å². The number of ether oxygens (including phenoxy) is 1. The van der Waals surface area contributed by atoms with Gasteiger partial charge in [-0.1, -0.05) is 19.1 Å². The number of carbonyl (C=O) groups excluding carboxylic acids is 2. The van der Waals surface area contributed by atoms with Gasteiger partial charge in [-0.2, -0.15) is 0 Å². The predicted octanol–water partition coefficient (Wildman–Crippen LogP) is 5.16. The quantitative estimate of drug-likeness (QED) is 0.262. The smallest absolute Gasteiger partial charge is 0.273 e. The molecule has 0 N–H and O–H groups in total. The molecule has 0 bridgehead atoms. The second-order valence-electron chi connectivity index (χ2n) is 9.94. The van der Waals surface area contributed by atoms with Gasteiger partial charge in [0.2, 0.25) is 0 Å². The molecule has 0 unspecified atom stereocenters. The molecule has 0 atom stereocenters. The monoisotopic (exact) mass is 575 g/mol. The Labute approximate surface area is 243 Å². The Balaban J connectivity index is 1.21. The third kappa shape index (κ3) is 6.59. The molecular weight excluding hydrogens is 541 g/mol. The Morgan fingerprint density at radius 1 is 1.02 bits per heavy atom. The number of amides is 2. The summed E-state index contributed by atoms with van der Waals surface area (Å²) in [5.41, 5.74) is 2.93. The van der Waals surface area contributed by atoms with Gasteiger partial charge in [0.25, 0.3) is 11.8 Å². The van der Waals surface area contributed by atoms with Gasteiger partial charge in [-0.3, -0.25) is 9.59 Å². The molecule has 1 aliphatic rings. The lowest BCUT2D eigenvalue weighted by atomic mass is 10.2. The topological polar surface area (TPSA) is 70.9 Å². The van der Waals surface area contributed by atoms with Gasteiger partial charge in [0.05, 0.1) is 25.9 Å². The summed E-state index contributed by atoms with van der Waals surface area (Å²) in [4.78, 5) is 36.9. The first kappa shape index (κ1) is 28.4. The Kier molecular flexibility index (Phi) is 8.98. The van der Waals surface area contributed by atoms with Crippen LogP contribution in [0, 0.1) is 5.82 Å². The van der Waals surface area contributed by atoms with E-state index in [-0.39, 0.29) is 17.6 Å². The fourth-order valence-corrected chi connectivity index (χ4v) is 5.84. The summed E-state index contributed by atoms with van der Waals surface area (Å²) in [6, 6.07) is 17.5. The summed E-state index contributed by atoms with van der Waals surface area (Å²) < 4.78 is 20.9. The van der Waals surface area contributed by atoms with Gasteiger partial charge >= 0.3 is 0 Å². The van der Waals surface area contributed by atoms with Crippen LogP contribution >= 0.6 is 11.3 Å². The zero-order chi connectivity index (χ0) is 28.8. The number of carbonyl (C=O) groups is 2. The first-order valence-electron chi connectivity index (χ1n) is 13.8. The van der Waals surface area contributed by atoms with Gasteiger partial charge in [-0.25, -0.2) is 9.37 Å². The third-order valence-electron chi connectivity index (χ3n) is 7.22. The van der Waals surface area contributed by atoms with Crippen molar-refractivity contribution in [3.05, 3.63) is 100 Å². The van der Waals surface area contributed by atoms with E-state index in [4.69, 9.17) is 4.74 Å². The number of methoxy groups -OCH3 is 1. The van der Waals surface area contributed by atoms with Gasteiger partial charge < -0.3 is 24.0 Å². The highest BCUT2D eigenvalue weighted by molar-refractivity contribution is 7.09. The molecule has 2 amide bonds. The van der Waals surface area contributed by atoms with Crippen molar-refractivity contribution in [1.82, 2.24) is 19.4 Å². The molecule has 0 aliphatic carbocycles. The lowest BCUT2D eigenvalue weighted by Crippen LogP contribution is -2.49. The highest BCUT2D eigenvalue weighted by Crippen LogP contribution is 2.28. The number of aromatic nitrogens is 2. The van der Waals surface area contributed by atoms with Crippen LogP contribution in [0.15, 0.2) is 72.2 Å². The molecule has 214 valence electrons. The molecule has 4 aromatic rings. The molecule has 1 aliphatic heterocycles. The van der Waals surface area contributed by atoms with Crippen molar-refractivity contribution in [3.8, 4) is 5.75 Å². The van der Waals surface area contributed by atoms with Crippen LogP contribution in [0.3, 0.4) is 0 Å². The molecule has 3 heterocycles. The van der Waals surface area contributed by atoms with Crippen molar-refractivity contribution in [1.29, 1.82) is 0 Å². The van der Waals surface area contributed by atoms with Crippen molar-refractivity contribution in [2.75, 3.05) is 44.7 Å². The average Bonchev–Trinajstić information content (AvgIpc) is 3.66. The summed E-state index contributed by atoms with van der Waals surface area (Å²) in [7, 11) is 1.67. The van der Waals surface area contributed by atoms with Crippen LogP contribution in [-0.2, 0) is 13.1 Å². The van der Waals surface area contributed by atoms with E-state index >= 15 is 0 Å². The normalized spacial score (nSPS) is 13.3. The van der Waals surface area contributed by atoms with Crippen LogP contribution in [0.2, 0.25) is 0 Å². The van der Waals surface area contributed by atoms with Crippen molar-refractivity contribution in [3.63, 3.8) is 0 Å². The van der Waals surface area contributed by atoms with Crippen molar-refractivity contribution < 1.29 is 18.7 Å². The Hall–Kier alpha value is -4.18. The zero-order valence-corrected chi connectivity index (χ0v) is 24.1. The lowest BCUT2D eigenvalue weighted by molar-refractivity contribution is 0.0732. The molecule has 1 fully saturated rings. The lowest BCUT2D eigenvalue weighted by Gasteiger charge is -2.36. The van der Waals surface area contributed by atoms with Crippen LogP contribution in [0.1, 0.15) is 44.9 Å². The van der Waals surface area contributed by atoms with Gasteiger partial charge in [0.15, 0.2) is 0 Å². The number of thiazole rings is 1. The molecule has 0 saturated carbocycles. The molecule has 1 saturated heterocycles. The standard InChI is InChI=1S/C31H34FN5O3S/c1-3-14-37(30(38)23-10-12-24(32)13-11-23)20-25-7-6-15-36(25)21-29-33-26(22-41-29)31(39)35-18-16-34(17-19-35)27-8-4-5-9-28(27)40-2/h4-13,15,22H,3,14,16-21H2,1-2H3. The number of halogens is 1. The Morgan fingerprint density at radius 3 is 2.51 bits per heavy atom. The van der Waals surface area contributed by atoms with Crippen molar-refractivity contribution in [2.45, 2.75) is 26.4 Å². The minimum absolute atomic E-state index is 0.0566. The summed E-state index contributed by atoms with van der Waals surface area (Å²) in [6.07, 6.45) is 2.76. The Morgan fingerprint density at radius 2 is 1.78 bits per heavy atom. The average molecular weight is 576 g/mol.